The van der Waals surface area contributed by atoms with Crippen molar-refractivity contribution in [2.75, 3.05) is 6.61 Å². The Bertz CT molecular complexity index is 286. The van der Waals surface area contributed by atoms with Gasteiger partial charge in [-0.15, -0.1) is 0 Å². The third-order valence-corrected chi connectivity index (χ3v) is 2.40. The molecule has 0 bridgehead atoms. The summed E-state index contributed by atoms with van der Waals surface area (Å²) in [5.41, 5.74) is 0. The van der Waals surface area contributed by atoms with Crippen LogP contribution in [0.3, 0.4) is 0 Å². The summed E-state index contributed by atoms with van der Waals surface area (Å²) in [6.45, 7) is 0.797. The van der Waals surface area contributed by atoms with Crippen molar-refractivity contribution < 1.29 is 4.74 Å². The van der Waals surface area contributed by atoms with Crippen LogP contribution < -0.4 is 4.74 Å². The van der Waals surface area contributed by atoms with Gasteiger partial charge in [0.1, 0.15) is 10.9 Å². The predicted molar refractivity (Wildman–Crippen MR) is 52.1 cm³/mol. The Kier molecular flexibility index (Phi) is 2.69. The maximum absolute atomic E-state index is 5.71. The van der Waals surface area contributed by atoms with Crippen LogP contribution in [0.4, 0.5) is 0 Å². The van der Waals surface area contributed by atoms with Crippen molar-refractivity contribution in [1.29, 1.82) is 0 Å². The first-order chi connectivity index (χ1) is 6.34. The molecule has 1 aliphatic carbocycles. The minimum atomic E-state index is 0.490. The molecule has 2 rings (SSSR count). The first kappa shape index (κ1) is 8.82. The van der Waals surface area contributed by atoms with Crippen molar-refractivity contribution in [3.8, 4) is 5.75 Å². The second kappa shape index (κ2) is 3.97. The molecule has 0 aliphatic heterocycles. The third kappa shape index (κ3) is 2.88. The van der Waals surface area contributed by atoms with Crippen molar-refractivity contribution in [3.63, 3.8) is 0 Å². The molecule has 13 heavy (non-hydrogen) atoms. The average molecular weight is 198 g/mol. The van der Waals surface area contributed by atoms with Gasteiger partial charge in [-0.05, 0) is 18.4 Å². The fraction of sp³-hybridized carbons (Fsp3) is 0.500. The Morgan fingerprint density at radius 3 is 3.08 bits per heavy atom. The number of ether oxygens (including phenoxy) is 1. The van der Waals surface area contributed by atoms with Gasteiger partial charge in [0, 0.05) is 12.3 Å². The van der Waals surface area contributed by atoms with Crippen molar-refractivity contribution >= 4 is 11.6 Å². The van der Waals surface area contributed by atoms with E-state index in [0.717, 1.165) is 18.3 Å². The van der Waals surface area contributed by atoms with E-state index in [1.807, 2.05) is 6.07 Å². The van der Waals surface area contributed by atoms with E-state index < -0.39 is 0 Å². The summed E-state index contributed by atoms with van der Waals surface area (Å²) in [5.74, 6) is 1.73. The van der Waals surface area contributed by atoms with Crippen LogP contribution in [0.1, 0.15) is 19.3 Å². The molecule has 1 aromatic heterocycles. The van der Waals surface area contributed by atoms with Gasteiger partial charge < -0.3 is 4.74 Å². The first-order valence-corrected chi connectivity index (χ1v) is 4.97. The Morgan fingerprint density at radius 1 is 1.54 bits per heavy atom. The molecule has 3 heteroatoms. The van der Waals surface area contributed by atoms with E-state index in [1.165, 1.54) is 19.3 Å². The quantitative estimate of drug-likeness (QED) is 0.693. The first-order valence-electron chi connectivity index (χ1n) is 4.59. The highest BCUT2D eigenvalue weighted by Crippen LogP contribution is 2.32. The van der Waals surface area contributed by atoms with Crippen LogP contribution in [0, 0.1) is 5.92 Å². The summed E-state index contributed by atoms with van der Waals surface area (Å²) in [6.07, 6.45) is 5.58. The molecule has 0 radical (unpaired) electrons. The number of nitrogens with zero attached hydrogens (tertiary/aromatic N) is 1. The highest BCUT2D eigenvalue weighted by Gasteiger charge is 2.20. The Hall–Kier alpha value is -0.760. The number of rotatable bonds is 4. The van der Waals surface area contributed by atoms with E-state index >= 15 is 0 Å². The van der Waals surface area contributed by atoms with Gasteiger partial charge in [-0.3, -0.25) is 0 Å². The number of hydrogen-bond donors (Lipinski definition) is 0. The van der Waals surface area contributed by atoms with Crippen LogP contribution in [0.25, 0.3) is 0 Å². The molecule has 0 unspecified atom stereocenters. The largest absolute Gasteiger partial charge is 0.493 e. The van der Waals surface area contributed by atoms with Crippen LogP contribution in [-0.4, -0.2) is 11.6 Å². The molecule has 0 atom stereocenters. The third-order valence-electron chi connectivity index (χ3n) is 2.19. The summed E-state index contributed by atoms with van der Waals surface area (Å²) in [5, 5.41) is 0.490. The zero-order valence-corrected chi connectivity index (χ0v) is 8.13. The molecule has 1 aliphatic rings. The van der Waals surface area contributed by atoms with Crippen molar-refractivity contribution in [2.24, 2.45) is 5.92 Å². The van der Waals surface area contributed by atoms with Gasteiger partial charge in [-0.25, -0.2) is 4.98 Å². The SMILES string of the molecule is Clc1cc(OCCC2CC2)ccn1. The molecule has 0 N–H and O–H groups in total. The van der Waals surface area contributed by atoms with Crippen molar-refractivity contribution in [2.45, 2.75) is 19.3 Å². The molecule has 0 amide bonds. The van der Waals surface area contributed by atoms with Crippen molar-refractivity contribution in [3.05, 3.63) is 23.5 Å². The van der Waals surface area contributed by atoms with Gasteiger partial charge >= 0.3 is 0 Å². The zero-order chi connectivity index (χ0) is 9.10. The number of hydrogen-bond acceptors (Lipinski definition) is 2. The molecule has 0 saturated heterocycles. The minimum absolute atomic E-state index is 0.490. The molecule has 1 fully saturated rings. The van der Waals surface area contributed by atoms with Gasteiger partial charge in [-0.1, -0.05) is 24.4 Å². The minimum Gasteiger partial charge on any atom is -0.493 e. The Balaban J connectivity index is 1.79. The van der Waals surface area contributed by atoms with Gasteiger partial charge in [0.2, 0.25) is 0 Å². The van der Waals surface area contributed by atoms with Crippen LogP contribution in [0.15, 0.2) is 18.3 Å². The summed E-state index contributed by atoms with van der Waals surface area (Å²) in [6, 6.07) is 3.58. The molecular formula is C10H12ClNO. The maximum atomic E-state index is 5.71. The molecule has 0 spiro atoms. The van der Waals surface area contributed by atoms with Gasteiger partial charge in [0.05, 0.1) is 6.61 Å². The second-order valence-electron chi connectivity index (χ2n) is 3.39. The lowest BCUT2D eigenvalue weighted by Gasteiger charge is -2.04. The molecule has 1 heterocycles. The molecule has 1 saturated carbocycles. The van der Waals surface area contributed by atoms with E-state index in [9.17, 15) is 0 Å². The highest BCUT2D eigenvalue weighted by atomic mass is 35.5. The lowest BCUT2D eigenvalue weighted by molar-refractivity contribution is 0.302. The number of halogens is 1. The summed E-state index contributed by atoms with van der Waals surface area (Å²) in [4.78, 5) is 3.88. The summed E-state index contributed by atoms with van der Waals surface area (Å²) >= 11 is 5.71. The zero-order valence-electron chi connectivity index (χ0n) is 7.37. The maximum Gasteiger partial charge on any atom is 0.132 e. The highest BCUT2D eigenvalue weighted by molar-refractivity contribution is 6.29. The summed E-state index contributed by atoms with van der Waals surface area (Å²) < 4.78 is 5.51. The summed E-state index contributed by atoms with van der Waals surface area (Å²) in [7, 11) is 0. The Morgan fingerprint density at radius 2 is 2.38 bits per heavy atom. The average Bonchev–Trinajstić information content (AvgIpc) is 2.88. The van der Waals surface area contributed by atoms with E-state index in [4.69, 9.17) is 16.3 Å². The predicted octanol–water partition coefficient (Wildman–Crippen LogP) is 2.91. The normalized spacial score (nSPS) is 15.8. The topological polar surface area (TPSA) is 22.1 Å². The lowest BCUT2D eigenvalue weighted by Crippen LogP contribution is -1.98. The van der Waals surface area contributed by atoms with E-state index in [1.54, 1.807) is 12.3 Å². The Labute approximate surface area is 82.9 Å². The van der Waals surface area contributed by atoms with Gasteiger partial charge in [0.15, 0.2) is 0 Å². The van der Waals surface area contributed by atoms with Crippen LogP contribution in [0.5, 0.6) is 5.75 Å². The second-order valence-corrected chi connectivity index (χ2v) is 3.78. The standard InChI is InChI=1S/C10H12ClNO/c11-10-7-9(3-5-12-10)13-6-4-8-1-2-8/h3,5,7-8H,1-2,4,6H2. The van der Waals surface area contributed by atoms with Gasteiger partial charge in [-0.2, -0.15) is 0 Å². The van der Waals surface area contributed by atoms with E-state index in [-0.39, 0.29) is 0 Å². The fourth-order valence-corrected chi connectivity index (χ4v) is 1.39. The smallest absolute Gasteiger partial charge is 0.132 e. The fourth-order valence-electron chi connectivity index (χ4n) is 1.22. The molecule has 0 aromatic carbocycles. The monoisotopic (exact) mass is 197 g/mol. The molecule has 70 valence electrons. The van der Waals surface area contributed by atoms with Crippen molar-refractivity contribution in [1.82, 2.24) is 4.98 Å². The van der Waals surface area contributed by atoms with Crippen LogP contribution in [0.2, 0.25) is 5.15 Å². The number of aromatic nitrogens is 1. The van der Waals surface area contributed by atoms with Gasteiger partial charge in [0.25, 0.3) is 0 Å². The molecular weight excluding hydrogens is 186 g/mol. The molecule has 2 nitrogen and oxygen atoms in total. The van der Waals surface area contributed by atoms with E-state index in [0.29, 0.717) is 5.15 Å². The van der Waals surface area contributed by atoms with E-state index in [2.05, 4.69) is 4.98 Å². The van der Waals surface area contributed by atoms with Crippen LogP contribution in [-0.2, 0) is 0 Å². The lowest BCUT2D eigenvalue weighted by atomic mass is 10.3. The molecule has 1 aromatic rings. The van der Waals surface area contributed by atoms with Crippen LogP contribution >= 0.6 is 11.6 Å². The number of pyridine rings is 1.